The van der Waals surface area contributed by atoms with Gasteiger partial charge in [-0.3, -0.25) is 4.79 Å². The minimum absolute atomic E-state index is 0.0220. The molecule has 0 fully saturated rings. The third kappa shape index (κ3) is 4.34. The average molecular weight is 239 g/mol. The van der Waals surface area contributed by atoms with Gasteiger partial charge in [0.15, 0.2) is 0 Å². The number of nitrogens with two attached hydrogens (primary N) is 2. The van der Waals surface area contributed by atoms with Crippen molar-refractivity contribution in [2.75, 3.05) is 18.6 Å². The first kappa shape index (κ1) is 12.7. The second-order valence-corrected chi connectivity index (χ2v) is 3.00. The molecule has 1 heterocycles. The molecule has 0 saturated heterocycles. The summed E-state index contributed by atoms with van der Waals surface area (Å²) in [6.45, 7) is 0.198. The number of ether oxygens (including phenoxy) is 1. The minimum Gasteiger partial charge on any atom is -0.448 e. The number of carbonyl (C=O) groups excluding carboxylic acids is 2. The first-order valence-electron chi connectivity index (χ1n) is 4.76. The van der Waals surface area contributed by atoms with Crippen LogP contribution in [0.2, 0.25) is 0 Å². The van der Waals surface area contributed by atoms with E-state index < -0.39 is 6.09 Å². The maximum Gasteiger partial charge on any atom is 0.404 e. The molecule has 1 aromatic rings. The highest BCUT2D eigenvalue weighted by Crippen LogP contribution is 2.04. The highest BCUT2D eigenvalue weighted by atomic mass is 16.5. The van der Waals surface area contributed by atoms with E-state index in [4.69, 9.17) is 11.6 Å². The van der Waals surface area contributed by atoms with E-state index in [2.05, 4.69) is 20.5 Å². The van der Waals surface area contributed by atoms with E-state index in [1.54, 1.807) is 0 Å². The SMILES string of the molecule is NNc1cc(C(=O)NCCOC(N)=O)ccn1. The van der Waals surface area contributed by atoms with Gasteiger partial charge in [-0.05, 0) is 12.1 Å². The first-order chi connectivity index (χ1) is 8.13. The number of pyridine rings is 1. The Morgan fingerprint density at radius 1 is 1.47 bits per heavy atom. The molecule has 0 radical (unpaired) electrons. The highest BCUT2D eigenvalue weighted by molar-refractivity contribution is 5.94. The number of aromatic nitrogens is 1. The Morgan fingerprint density at radius 3 is 2.88 bits per heavy atom. The van der Waals surface area contributed by atoms with Crippen LogP contribution >= 0.6 is 0 Å². The molecule has 8 heteroatoms. The van der Waals surface area contributed by atoms with Gasteiger partial charge in [0, 0.05) is 11.8 Å². The van der Waals surface area contributed by atoms with Crippen molar-refractivity contribution in [1.82, 2.24) is 10.3 Å². The van der Waals surface area contributed by atoms with Gasteiger partial charge in [-0.1, -0.05) is 0 Å². The lowest BCUT2D eigenvalue weighted by Gasteiger charge is -2.06. The molecule has 0 aliphatic carbocycles. The number of primary amides is 1. The fourth-order valence-corrected chi connectivity index (χ4v) is 1.07. The number of amides is 2. The molecule has 0 bridgehead atoms. The van der Waals surface area contributed by atoms with Crippen LogP contribution in [0.5, 0.6) is 0 Å². The summed E-state index contributed by atoms with van der Waals surface area (Å²) >= 11 is 0. The summed E-state index contributed by atoms with van der Waals surface area (Å²) in [6, 6.07) is 3.02. The molecular weight excluding hydrogens is 226 g/mol. The van der Waals surface area contributed by atoms with Crippen LogP contribution in [-0.2, 0) is 4.74 Å². The van der Waals surface area contributed by atoms with E-state index >= 15 is 0 Å². The zero-order valence-electron chi connectivity index (χ0n) is 8.97. The molecule has 2 amide bonds. The third-order valence-corrected chi connectivity index (χ3v) is 1.80. The number of hydrazine groups is 1. The monoisotopic (exact) mass is 239 g/mol. The van der Waals surface area contributed by atoms with Crippen molar-refractivity contribution in [2.45, 2.75) is 0 Å². The van der Waals surface area contributed by atoms with Gasteiger partial charge in [0.2, 0.25) is 0 Å². The van der Waals surface area contributed by atoms with E-state index in [1.165, 1.54) is 18.3 Å². The number of nitrogen functional groups attached to an aromatic ring is 1. The lowest BCUT2D eigenvalue weighted by atomic mass is 10.2. The molecule has 0 aliphatic rings. The predicted octanol–water partition coefficient (Wildman–Crippen LogP) is -0.808. The first-order valence-corrected chi connectivity index (χ1v) is 4.76. The molecule has 0 spiro atoms. The zero-order chi connectivity index (χ0) is 12.7. The van der Waals surface area contributed by atoms with Crippen molar-refractivity contribution in [2.24, 2.45) is 11.6 Å². The molecule has 0 atom stereocenters. The summed E-state index contributed by atoms with van der Waals surface area (Å²) in [4.78, 5) is 25.7. The van der Waals surface area contributed by atoms with Gasteiger partial charge in [0.05, 0.1) is 6.54 Å². The van der Waals surface area contributed by atoms with E-state index in [9.17, 15) is 9.59 Å². The summed E-state index contributed by atoms with van der Waals surface area (Å²) in [5.74, 6) is 5.22. The van der Waals surface area contributed by atoms with Gasteiger partial charge in [-0.15, -0.1) is 0 Å². The lowest BCUT2D eigenvalue weighted by Crippen LogP contribution is -2.29. The number of hydrogen-bond acceptors (Lipinski definition) is 6. The fraction of sp³-hybridized carbons (Fsp3) is 0.222. The smallest absolute Gasteiger partial charge is 0.404 e. The Balaban J connectivity index is 2.43. The quantitative estimate of drug-likeness (QED) is 0.302. The van der Waals surface area contributed by atoms with Crippen molar-refractivity contribution in [3.8, 4) is 0 Å². The Bertz CT molecular complexity index is 409. The summed E-state index contributed by atoms with van der Waals surface area (Å²) in [5.41, 5.74) is 7.48. The molecule has 0 unspecified atom stereocenters. The van der Waals surface area contributed by atoms with Crippen LogP contribution in [0.1, 0.15) is 10.4 Å². The maximum absolute atomic E-state index is 11.6. The lowest BCUT2D eigenvalue weighted by molar-refractivity contribution is 0.0937. The van der Waals surface area contributed by atoms with E-state index in [1.807, 2.05) is 0 Å². The van der Waals surface area contributed by atoms with Crippen LogP contribution in [0, 0.1) is 0 Å². The van der Waals surface area contributed by atoms with Crippen molar-refractivity contribution >= 4 is 17.8 Å². The normalized spacial score (nSPS) is 9.47. The van der Waals surface area contributed by atoms with Crippen LogP contribution in [0.15, 0.2) is 18.3 Å². The summed E-state index contributed by atoms with van der Waals surface area (Å²) in [7, 11) is 0. The molecule has 8 nitrogen and oxygen atoms in total. The predicted molar refractivity (Wildman–Crippen MR) is 59.9 cm³/mol. The largest absolute Gasteiger partial charge is 0.448 e. The van der Waals surface area contributed by atoms with Gasteiger partial charge in [-0.25, -0.2) is 15.6 Å². The van der Waals surface area contributed by atoms with Gasteiger partial charge >= 0.3 is 6.09 Å². The Hall–Kier alpha value is -2.35. The zero-order valence-corrected chi connectivity index (χ0v) is 8.97. The number of rotatable bonds is 5. The van der Waals surface area contributed by atoms with Crippen molar-refractivity contribution in [1.29, 1.82) is 0 Å². The van der Waals surface area contributed by atoms with E-state index in [-0.39, 0.29) is 19.1 Å². The second-order valence-electron chi connectivity index (χ2n) is 3.00. The van der Waals surface area contributed by atoms with Crippen LogP contribution < -0.4 is 22.3 Å². The second kappa shape index (κ2) is 6.28. The van der Waals surface area contributed by atoms with Crippen LogP contribution in [-0.4, -0.2) is 30.1 Å². The molecule has 17 heavy (non-hydrogen) atoms. The Labute approximate surface area is 97.3 Å². The van der Waals surface area contributed by atoms with E-state index in [0.29, 0.717) is 11.4 Å². The van der Waals surface area contributed by atoms with Gasteiger partial charge in [0.25, 0.3) is 5.91 Å². The molecule has 1 rings (SSSR count). The standard InChI is InChI=1S/C9H13N5O3/c10-9(16)17-4-3-13-8(15)6-1-2-12-7(5-6)14-11/h1-2,5H,3-4,11H2,(H2,10,16)(H,12,14)(H,13,15). The number of hydrogen-bond donors (Lipinski definition) is 4. The van der Waals surface area contributed by atoms with Crippen molar-refractivity contribution in [3.63, 3.8) is 0 Å². The molecular formula is C9H13N5O3. The van der Waals surface area contributed by atoms with Gasteiger partial charge in [0.1, 0.15) is 12.4 Å². The number of nitrogens with zero attached hydrogens (tertiary/aromatic N) is 1. The Kier molecular flexibility index (Phi) is 4.70. The molecule has 0 saturated carbocycles. The van der Waals surface area contributed by atoms with Crippen LogP contribution in [0.4, 0.5) is 10.6 Å². The minimum atomic E-state index is -0.877. The highest BCUT2D eigenvalue weighted by Gasteiger charge is 2.06. The van der Waals surface area contributed by atoms with Gasteiger partial charge < -0.3 is 21.2 Å². The van der Waals surface area contributed by atoms with E-state index in [0.717, 1.165) is 0 Å². The number of anilines is 1. The molecule has 1 aromatic heterocycles. The summed E-state index contributed by atoms with van der Waals surface area (Å²) in [6.07, 6.45) is 0.571. The molecule has 92 valence electrons. The van der Waals surface area contributed by atoms with Gasteiger partial charge in [-0.2, -0.15) is 0 Å². The van der Waals surface area contributed by atoms with Crippen LogP contribution in [0.25, 0.3) is 0 Å². The summed E-state index contributed by atoms with van der Waals surface area (Å²) < 4.78 is 4.45. The molecule has 6 N–H and O–H groups in total. The molecule has 0 aliphatic heterocycles. The third-order valence-electron chi connectivity index (χ3n) is 1.80. The molecule has 0 aromatic carbocycles. The fourth-order valence-electron chi connectivity index (χ4n) is 1.07. The van der Waals surface area contributed by atoms with Crippen LogP contribution in [0.3, 0.4) is 0 Å². The topological polar surface area (TPSA) is 132 Å². The maximum atomic E-state index is 11.6. The Morgan fingerprint density at radius 2 is 2.24 bits per heavy atom. The van der Waals surface area contributed by atoms with Crippen molar-refractivity contribution < 1.29 is 14.3 Å². The number of nitrogens with one attached hydrogen (secondary N) is 2. The van der Waals surface area contributed by atoms with Crippen molar-refractivity contribution in [3.05, 3.63) is 23.9 Å². The number of carbonyl (C=O) groups is 2. The summed E-state index contributed by atoms with van der Waals surface area (Å²) in [5, 5.41) is 2.54. The average Bonchev–Trinajstić information content (AvgIpc) is 2.34.